The van der Waals surface area contributed by atoms with Crippen LogP contribution in [0.2, 0.25) is 0 Å². The first kappa shape index (κ1) is 11.0. The highest BCUT2D eigenvalue weighted by atomic mass is 16.5. The first-order chi connectivity index (χ1) is 6.69. The van der Waals surface area contributed by atoms with Gasteiger partial charge in [0, 0.05) is 13.1 Å². The van der Waals surface area contributed by atoms with Gasteiger partial charge in [-0.1, -0.05) is 6.92 Å². The van der Waals surface area contributed by atoms with Gasteiger partial charge in [-0.3, -0.25) is 4.68 Å². The minimum Gasteiger partial charge on any atom is -0.493 e. The summed E-state index contributed by atoms with van der Waals surface area (Å²) < 4.78 is 7.06. The van der Waals surface area contributed by atoms with Crippen LogP contribution in [0.1, 0.15) is 25.5 Å². The highest BCUT2D eigenvalue weighted by Crippen LogP contribution is 2.18. The van der Waals surface area contributed by atoms with Gasteiger partial charge in [-0.2, -0.15) is 5.10 Å². The lowest BCUT2D eigenvalue weighted by Crippen LogP contribution is -2.19. The third-order valence-corrected chi connectivity index (χ3v) is 2.52. The molecule has 0 amide bonds. The number of ether oxygens (including phenoxy) is 1. The van der Waals surface area contributed by atoms with Gasteiger partial charge in [-0.15, -0.1) is 0 Å². The molecule has 0 aliphatic rings. The van der Waals surface area contributed by atoms with Crippen LogP contribution in [0.3, 0.4) is 0 Å². The predicted molar refractivity (Wildman–Crippen MR) is 56.3 cm³/mol. The monoisotopic (exact) mass is 197 g/mol. The second-order valence-electron chi connectivity index (χ2n) is 3.49. The molecule has 0 bridgehead atoms. The van der Waals surface area contributed by atoms with Crippen molar-refractivity contribution in [2.24, 2.45) is 12.8 Å². The molecule has 4 heteroatoms. The number of aryl methyl sites for hydroxylation is 1. The summed E-state index contributed by atoms with van der Waals surface area (Å²) >= 11 is 0. The predicted octanol–water partition coefficient (Wildman–Crippen LogP) is 1.10. The summed E-state index contributed by atoms with van der Waals surface area (Å²) in [5.74, 6) is 0.857. The SMILES string of the molecule is CCC(N)CCc1c(OC)cnn1C. The van der Waals surface area contributed by atoms with E-state index >= 15 is 0 Å². The van der Waals surface area contributed by atoms with Crippen molar-refractivity contribution in [3.8, 4) is 5.75 Å². The molecule has 1 aromatic rings. The molecule has 0 aliphatic carbocycles. The maximum absolute atomic E-state index is 5.86. The zero-order chi connectivity index (χ0) is 10.6. The van der Waals surface area contributed by atoms with E-state index in [1.54, 1.807) is 13.3 Å². The second-order valence-corrected chi connectivity index (χ2v) is 3.49. The fourth-order valence-corrected chi connectivity index (χ4v) is 1.42. The van der Waals surface area contributed by atoms with Crippen molar-refractivity contribution in [2.75, 3.05) is 7.11 Å². The van der Waals surface area contributed by atoms with E-state index in [4.69, 9.17) is 10.5 Å². The molecule has 0 fully saturated rings. The minimum absolute atomic E-state index is 0.273. The van der Waals surface area contributed by atoms with Crippen molar-refractivity contribution in [2.45, 2.75) is 32.2 Å². The summed E-state index contributed by atoms with van der Waals surface area (Å²) in [6.45, 7) is 2.10. The lowest BCUT2D eigenvalue weighted by atomic mass is 10.1. The number of methoxy groups -OCH3 is 1. The highest BCUT2D eigenvalue weighted by molar-refractivity contribution is 5.24. The summed E-state index contributed by atoms with van der Waals surface area (Å²) in [5.41, 5.74) is 6.98. The fraction of sp³-hybridized carbons (Fsp3) is 0.700. The van der Waals surface area contributed by atoms with Crippen LogP contribution < -0.4 is 10.5 Å². The first-order valence-corrected chi connectivity index (χ1v) is 4.99. The van der Waals surface area contributed by atoms with Gasteiger partial charge in [0.05, 0.1) is 19.0 Å². The quantitative estimate of drug-likeness (QED) is 0.769. The number of nitrogens with zero attached hydrogens (tertiary/aromatic N) is 2. The minimum atomic E-state index is 0.273. The van der Waals surface area contributed by atoms with Crippen LogP contribution in [0, 0.1) is 0 Å². The lowest BCUT2D eigenvalue weighted by molar-refractivity contribution is 0.406. The van der Waals surface area contributed by atoms with E-state index in [9.17, 15) is 0 Å². The zero-order valence-corrected chi connectivity index (χ0v) is 9.16. The summed E-state index contributed by atoms with van der Waals surface area (Å²) in [7, 11) is 3.59. The maximum Gasteiger partial charge on any atom is 0.159 e. The van der Waals surface area contributed by atoms with E-state index < -0.39 is 0 Å². The third kappa shape index (κ3) is 2.48. The second kappa shape index (κ2) is 5.00. The zero-order valence-electron chi connectivity index (χ0n) is 9.16. The molecule has 1 unspecified atom stereocenters. The molecule has 0 radical (unpaired) electrons. The lowest BCUT2D eigenvalue weighted by Gasteiger charge is -2.09. The average molecular weight is 197 g/mol. The van der Waals surface area contributed by atoms with E-state index in [1.165, 1.54) is 0 Å². The van der Waals surface area contributed by atoms with Crippen LogP contribution in [0.15, 0.2) is 6.20 Å². The van der Waals surface area contributed by atoms with Crippen LogP contribution in [-0.2, 0) is 13.5 Å². The molecule has 0 aromatic carbocycles. The van der Waals surface area contributed by atoms with Gasteiger partial charge >= 0.3 is 0 Å². The summed E-state index contributed by atoms with van der Waals surface area (Å²) in [5, 5.41) is 4.14. The molecule has 2 N–H and O–H groups in total. The third-order valence-electron chi connectivity index (χ3n) is 2.52. The first-order valence-electron chi connectivity index (χ1n) is 4.99. The number of hydrogen-bond donors (Lipinski definition) is 1. The Hall–Kier alpha value is -1.03. The molecule has 0 spiro atoms. The van der Waals surface area contributed by atoms with Crippen LogP contribution in [0.25, 0.3) is 0 Å². The number of nitrogens with two attached hydrogens (primary N) is 1. The van der Waals surface area contributed by atoms with Gasteiger partial charge < -0.3 is 10.5 Å². The summed E-state index contributed by atoms with van der Waals surface area (Å²) in [6.07, 6.45) is 4.66. The van der Waals surface area contributed by atoms with Gasteiger partial charge in [0.1, 0.15) is 0 Å². The Morgan fingerprint density at radius 1 is 1.64 bits per heavy atom. The molecule has 4 nitrogen and oxygen atoms in total. The topological polar surface area (TPSA) is 53.1 Å². The van der Waals surface area contributed by atoms with Gasteiger partial charge in [-0.25, -0.2) is 0 Å². The molecule has 1 heterocycles. The molecule has 80 valence electrons. The number of hydrogen-bond acceptors (Lipinski definition) is 3. The number of aromatic nitrogens is 2. The van der Waals surface area contributed by atoms with Crippen molar-refractivity contribution in [3.63, 3.8) is 0 Å². The fourth-order valence-electron chi connectivity index (χ4n) is 1.42. The van der Waals surface area contributed by atoms with E-state index in [0.29, 0.717) is 0 Å². The summed E-state index contributed by atoms with van der Waals surface area (Å²) in [6, 6.07) is 0.273. The molecular weight excluding hydrogens is 178 g/mol. The molecular formula is C10H19N3O. The van der Waals surface area contributed by atoms with Gasteiger partial charge in [0.25, 0.3) is 0 Å². The maximum atomic E-state index is 5.86. The Labute approximate surface area is 85.0 Å². The highest BCUT2D eigenvalue weighted by Gasteiger charge is 2.09. The van der Waals surface area contributed by atoms with Crippen LogP contribution >= 0.6 is 0 Å². The Bertz CT molecular complexity index is 283. The number of rotatable bonds is 5. The van der Waals surface area contributed by atoms with E-state index in [2.05, 4.69) is 12.0 Å². The molecule has 1 atom stereocenters. The van der Waals surface area contributed by atoms with Gasteiger partial charge in [0.15, 0.2) is 5.75 Å². The van der Waals surface area contributed by atoms with E-state index in [0.717, 1.165) is 30.7 Å². The summed E-state index contributed by atoms with van der Waals surface area (Å²) in [4.78, 5) is 0. The molecule has 1 rings (SSSR count). The van der Waals surface area contributed by atoms with Crippen molar-refractivity contribution >= 4 is 0 Å². The molecule has 0 saturated heterocycles. The molecule has 1 aromatic heterocycles. The van der Waals surface area contributed by atoms with Crippen molar-refractivity contribution in [3.05, 3.63) is 11.9 Å². The largest absolute Gasteiger partial charge is 0.493 e. The van der Waals surface area contributed by atoms with Crippen molar-refractivity contribution in [1.29, 1.82) is 0 Å². The Morgan fingerprint density at radius 2 is 2.36 bits per heavy atom. The molecule has 0 aliphatic heterocycles. The Kier molecular flexibility index (Phi) is 3.95. The average Bonchev–Trinajstić information content (AvgIpc) is 2.55. The smallest absolute Gasteiger partial charge is 0.159 e. The Morgan fingerprint density at radius 3 is 2.93 bits per heavy atom. The standard InChI is InChI=1S/C10H19N3O/c1-4-8(11)5-6-9-10(14-3)7-12-13(9)2/h7-8H,4-6,11H2,1-3H3. The van der Waals surface area contributed by atoms with Crippen LogP contribution in [0.5, 0.6) is 5.75 Å². The van der Waals surface area contributed by atoms with Crippen LogP contribution in [-0.4, -0.2) is 22.9 Å². The Balaban J connectivity index is 2.60. The molecule has 14 heavy (non-hydrogen) atoms. The van der Waals surface area contributed by atoms with Crippen LogP contribution in [0.4, 0.5) is 0 Å². The van der Waals surface area contributed by atoms with E-state index in [-0.39, 0.29) is 6.04 Å². The van der Waals surface area contributed by atoms with Crippen molar-refractivity contribution in [1.82, 2.24) is 9.78 Å². The van der Waals surface area contributed by atoms with E-state index in [1.807, 2.05) is 11.7 Å². The molecule has 0 saturated carbocycles. The van der Waals surface area contributed by atoms with Crippen molar-refractivity contribution < 1.29 is 4.74 Å². The van der Waals surface area contributed by atoms with Gasteiger partial charge in [-0.05, 0) is 19.3 Å². The normalized spacial score (nSPS) is 12.9. The van der Waals surface area contributed by atoms with Gasteiger partial charge in [0.2, 0.25) is 0 Å².